The molecule has 0 aromatic heterocycles. The van der Waals surface area contributed by atoms with Crippen LogP contribution in [0.4, 0.5) is 4.79 Å². The van der Waals surface area contributed by atoms with Gasteiger partial charge in [0.1, 0.15) is 0 Å². The Morgan fingerprint density at radius 2 is 2.07 bits per heavy atom. The lowest BCUT2D eigenvalue weighted by Crippen LogP contribution is -2.51. The minimum absolute atomic E-state index is 0.0130. The van der Waals surface area contributed by atoms with Gasteiger partial charge in [0.2, 0.25) is 0 Å². The summed E-state index contributed by atoms with van der Waals surface area (Å²) in [5, 5.41) is 15.2. The molecule has 0 spiro atoms. The normalized spacial score (nSPS) is 17.5. The predicted molar refractivity (Wildman–Crippen MR) is 115 cm³/mol. The quantitative estimate of drug-likeness (QED) is 0.647. The number of benzene rings is 1. The van der Waals surface area contributed by atoms with Gasteiger partial charge in [-0.3, -0.25) is 4.79 Å². The van der Waals surface area contributed by atoms with Gasteiger partial charge in [0.05, 0.1) is 12.5 Å². The van der Waals surface area contributed by atoms with Crippen molar-refractivity contribution < 1.29 is 14.3 Å². The van der Waals surface area contributed by atoms with Crippen molar-refractivity contribution in [1.29, 1.82) is 5.26 Å². The smallest absolute Gasteiger partial charge is 0.408 e. The molecule has 0 bridgehead atoms. The Morgan fingerprint density at radius 3 is 2.77 bits per heavy atom. The summed E-state index contributed by atoms with van der Waals surface area (Å²) < 4.78 is 5.58. The van der Waals surface area contributed by atoms with E-state index in [-0.39, 0.29) is 24.3 Å². The van der Waals surface area contributed by atoms with Gasteiger partial charge < -0.3 is 20.3 Å². The van der Waals surface area contributed by atoms with Gasteiger partial charge in [0, 0.05) is 25.7 Å². The summed E-state index contributed by atoms with van der Waals surface area (Å²) in [6.07, 6.45) is 2.24. The third kappa shape index (κ3) is 8.03. The van der Waals surface area contributed by atoms with Crippen molar-refractivity contribution in [2.24, 2.45) is 5.92 Å². The standard InChI is InChI=1S/C23H34N4O3/c1-18(2)15-21(30-23(29)26-16-19-9-4-3-5-10-19)22(28)27(14-8-12-24)20-11-6-7-13-25-17-20/h3-5,9-10,18,20-21,25H,6-8,11,13-17H2,1-2H3,(H,26,29). The van der Waals surface area contributed by atoms with Crippen LogP contribution < -0.4 is 10.6 Å². The molecule has 164 valence electrons. The average molecular weight is 415 g/mol. The summed E-state index contributed by atoms with van der Waals surface area (Å²) in [6.45, 7) is 6.32. The Kier molecular flexibility index (Phi) is 10.2. The molecule has 2 rings (SSSR count). The molecule has 1 aromatic rings. The maximum atomic E-state index is 13.4. The molecule has 1 aromatic carbocycles. The Balaban J connectivity index is 2.05. The highest BCUT2D eigenvalue weighted by atomic mass is 16.6. The molecule has 2 atom stereocenters. The lowest BCUT2D eigenvalue weighted by Gasteiger charge is -2.33. The summed E-state index contributed by atoms with van der Waals surface area (Å²) in [5.41, 5.74) is 0.960. The highest BCUT2D eigenvalue weighted by Gasteiger charge is 2.32. The van der Waals surface area contributed by atoms with Crippen molar-refractivity contribution in [3.8, 4) is 6.07 Å². The fourth-order valence-corrected chi connectivity index (χ4v) is 3.66. The number of nitrogens with zero attached hydrogens (tertiary/aromatic N) is 2. The SMILES string of the molecule is CC(C)CC(OC(=O)NCc1ccccc1)C(=O)N(CCC#N)C1CCCCNC1. The number of carbonyl (C=O) groups excluding carboxylic acids is 2. The Bertz CT molecular complexity index is 694. The molecule has 1 saturated heterocycles. The minimum Gasteiger partial charge on any atom is -0.436 e. The zero-order valence-corrected chi connectivity index (χ0v) is 18.1. The molecular formula is C23H34N4O3. The Morgan fingerprint density at radius 1 is 1.30 bits per heavy atom. The third-order valence-electron chi connectivity index (χ3n) is 5.20. The monoisotopic (exact) mass is 414 g/mol. The Hall–Kier alpha value is -2.59. The maximum Gasteiger partial charge on any atom is 0.408 e. The maximum absolute atomic E-state index is 13.4. The molecular weight excluding hydrogens is 380 g/mol. The van der Waals surface area contributed by atoms with E-state index in [0.717, 1.165) is 31.4 Å². The number of hydrogen-bond donors (Lipinski definition) is 2. The summed E-state index contributed by atoms with van der Waals surface area (Å²) in [6, 6.07) is 11.7. The van der Waals surface area contributed by atoms with E-state index in [0.29, 0.717) is 26.1 Å². The van der Waals surface area contributed by atoms with Crippen LogP contribution in [0.2, 0.25) is 0 Å². The summed E-state index contributed by atoms with van der Waals surface area (Å²) >= 11 is 0. The van der Waals surface area contributed by atoms with Gasteiger partial charge in [-0.25, -0.2) is 4.79 Å². The van der Waals surface area contributed by atoms with Gasteiger partial charge in [0.15, 0.2) is 6.10 Å². The largest absolute Gasteiger partial charge is 0.436 e. The zero-order valence-electron chi connectivity index (χ0n) is 18.1. The number of amides is 2. The highest BCUT2D eigenvalue weighted by Crippen LogP contribution is 2.18. The molecule has 1 aliphatic rings. The van der Waals surface area contributed by atoms with E-state index in [1.165, 1.54) is 0 Å². The van der Waals surface area contributed by atoms with Crippen molar-refractivity contribution in [2.75, 3.05) is 19.6 Å². The molecule has 0 radical (unpaired) electrons. The molecule has 2 amide bonds. The number of carbonyl (C=O) groups is 2. The van der Waals surface area contributed by atoms with Crippen molar-refractivity contribution in [1.82, 2.24) is 15.5 Å². The number of rotatable bonds is 9. The molecule has 7 nitrogen and oxygen atoms in total. The average Bonchev–Trinajstić information content (AvgIpc) is 3.02. The fraction of sp³-hybridized carbons (Fsp3) is 0.609. The third-order valence-corrected chi connectivity index (χ3v) is 5.20. The van der Waals surface area contributed by atoms with Crippen LogP contribution >= 0.6 is 0 Å². The number of ether oxygens (including phenoxy) is 1. The van der Waals surface area contributed by atoms with E-state index in [1.54, 1.807) is 4.90 Å². The summed E-state index contributed by atoms with van der Waals surface area (Å²) in [5.74, 6) is -0.0199. The van der Waals surface area contributed by atoms with E-state index in [1.807, 2.05) is 44.2 Å². The zero-order chi connectivity index (χ0) is 21.8. The van der Waals surface area contributed by atoms with Crippen LogP contribution in [0.3, 0.4) is 0 Å². The van der Waals surface area contributed by atoms with Crippen LogP contribution in [0, 0.1) is 17.2 Å². The Labute approximate surface area is 179 Å². The van der Waals surface area contributed by atoms with Crippen LogP contribution in [-0.4, -0.2) is 48.7 Å². The molecule has 1 heterocycles. The van der Waals surface area contributed by atoms with Gasteiger partial charge in [0.25, 0.3) is 5.91 Å². The second kappa shape index (κ2) is 12.9. The second-order valence-corrected chi connectivity index (χ2v) is 8.16. The molecule has 1 aliphatic heterocycles. The predicted octanol–water partition coefficient (Wildman–Crippen LogP) is 3.21. The molecule has 7 heteroatoms. The molecule has 2 unspecified atom stereocenters. The van der Waals surface area contributed by atoms with Crippen molar-refractivity contribution >= 4 is 12.0 Å². The van der Waals surface area contributed by atoms with Gasteiger partial charge >= 0.3 is 6.09 Å². The molecule has 30 heavy (non-hydrogen) atoms. The number of nitriles is 1. The van der Waals surface area contributed by atoms with Crippen molar-refractivity contribution in [2.45, 2.75) is 64.6 Å². The van der Waals surface area contributed by atoms with Crippen LogP contribution in [0.1, 0.15) is 51.5 Å². The van der Waals surface area contributed by atoms with E-state index in [4.69, 9.17) is 10.00 Å². The van der Waals surface area contributed by atoms with Crippen LogP contribution in [0.5, 0.6) is 0 Å². The molecule has 1 fully saturated rings. The first kappa shape index (κ1) is 23.7. The van der Waals surface area contributed by atoms with Crippen LogP contribution in [-0.2, 0) is 16.1 Å². The minimum atomic E-state index is -0.859. The number of alkyl carbamates (subject to hydrolysis) is 1. The van der Waals surface area contributed by atoms with Crippen molar-refractivity contribution in [3.05, 3.63) is 35.9 Å². The summed E-state index contributed by atoms with van der Waals surface area (Å²) in [7, 11) is 0. The first-order valence-corrected chi connectivity index (χ1v) is 10.9. The summed E-state index contributed by atoms with van der Waals surface area (Å²) in [4.78, 5) is 27.6. The van der Waals surface area contributed by atoms with E-state index >= 15 is 0 Å². The van der Waals surface area contributed by atoms with E-state index in [2.05, 4.69) is 16.7 Å². The molecule has 2 N–H and O–H groups in total. The van der Waals surface area contributed by atoms with E-state index in [9.17, 15) is 9.59 Å². The highest BCUT2D eigenvalue weighted by molar-refractivity contribution is 5.84. The fourth-order valence-electron chi connectivity index (χ4n) is 3.66. The van der Waals surface area contributed by atoms with Gasteiger partial charge in [-0.05, 0) is 37.3 Å². The first-order valence-electron chi connectivity index (χ1n) is 10.9. The molecule has 0 saturated carbocycles. The lowest BCUT2D eigenvalue weighted by atomic mass is 10.0. The topological polar surface area (TPSA) is 94.5 Å². The van der Waals surface area contributed by atoms with Gasteiger partial charge in [-0.2, -0.15) is 5.26 Å². The number of hydrogen-bond acceptors (Lipinski definition) is 5. The lowest BCUT2D eigenvalue weighted by molar-refractivity contribution is -0.143. The second-order valence-electron chi connectivity index (χ2n) is 8.16. The first-order chi connectivity index (χ1) is 14.5. The van der Waals surface area contributed by atoms with Crippen LogP contribution in [0.25, 0.3) is 0 Å². The van der Waals surface area contributed by atoms with Gasteiger partial charge in [-0.15, -0.1) is 0 Å². The number of nitrogens with one attached hydrogen (secondary N) is 2. The molecule has 0 aliphatic carbocycles. The van der Waals surface area contributed by atoms with Gasteiger partial charge in [-0.1, -0.05) is 50.6 Å². The van der Waals surface area contributed by atoms with Crippen molar-refractivity contribution in [3.63, 3.8) is 0 Å². The van der Waals surface area contributed by atoms with E-state index < -0.39 is 12.2 Å². The van der Waals surface area contributed by atoms with Crippen LogP contribution in [0.15, 0.2) is 30.3 Å².